The van der Waals surface area contributed by atoms with Crippen LogP contribution in [-0.4, -0.2) is 138 Å². The Morgan fingerprint density at radius 2 is 1.24 bits per heavy atom. The Morgan fingerprint density at radius 1 is 0.658 bits per heavy atom. The number of hydrazine groups is 1. The van der Waals surface area contributed by atoms with Gasteiger partial charge in [-0.05, 0) is 133 Å². The molecule has 2 rings (SSSR count). The molecule has 0 saturated carbocycles. The van der Waals surface area contributed by atoms with Gasteiger partial charge in [-0.25, -0.2) is 9.59 Å². The van der Waals surface area contributed by atoms with Crippen molar-refractivity contribution >= 4 is 65.1 Å². The number of benzene rings is 1. The van der Waals surface area contributed by atoms with E-state index >= 15 is 0 Å². The summed E-state index contributed by atoms with van der Waals surface area (Å²) in [6.07, 6.45) is 3.81. The third kappa shape index (κ3) is 28.3. The Bertz CT molecular complexity index is 2150. The lowest BCUT2D eigenvalue weighted by molar-refractivity contribution is -0.142. The molecule has 1 aliphatic heterocycles. The predicted molar refractivity (Wildman–Crippen MR) is 300 cm³/mol. The second-order valence-electron chi connectivity index (χ2n) is 23.1. The predicted octanol–water partition coefficient (Wildman–Crippen LogP) is 4.67. The van der Waals surface area contributed by atoms with E-state index < -0.39 is 90.0 Å². The van der Waals surface area contributed by atoms with Crippen molar-refractivity contribution in [1.82, 2.24) is 47.2 Å². The summed E-state index contributed by atoms with van der Waals surface area (Å²) in [6, 6.07) is 1.61. The van der Waals surface area contributed by atoms with E-state index in [0.29, 0.717) is 56.4 Å². The highest BCUT2D eigenvalue weighted by Crippen LogP contribution is 2.20. The molecule has 0 aromatic heterocycles. The number of carbonyl (C=O) groups excluding carboxylic acids is 10. The van der Waals surface area contributed by atoms with Crippen molar-refractivity contribution in [2.75, 3.05) is 38.0 Å². The molecular weight excluding hydrogens is 1020 g/mol. The maximum absolute atomic E-state index is 14.5. The molecule has 23 nitrogen and oxygen atoms in total. The van der Waals surface area contributed by atoms with Crippen molar-refractivity contribution < 1.29 is 57.4 Å². The zero-order valence-electron chi connectivity index (χ0n) is 49.1. The zero-order chi connectivity index (χ0) is 59.4. The number of anilines is 1. The smallest absolute Gasteiger partial charge is 0.408 e. The van der Waals surface area contributed by atoms with Gasteiger partial charge in [-0.3, -0.25) is 49.2 Å². The van der Waals surface area contributed by atoms with Crippen LogP contribution < -0.4 is 48.5 Å². The van der Waals surface area contributed by atoms with E-state index in [1.807, 2.05) is 55.4 Å². The molecule has 446 valence electrons. The average Bonchev–Trinajstić information content (AvgIpc) is 3.86. The number of unbranched alkanes of at least 4 members (excludes halogenated alkanes) is 3. The lowest BCUT2D eigenvalue weighted by Crippen LogP contribution is -2.57. The van der Waals surface area contributed by atoms with Gasteiger partial charge in [0.1, 0.15) is 42.4 Å². The van der Waals surface area contributed by atoms with Crippen LogP contribution in [0.1, 0.15) is 166 Å². The molecule has 23 heteroatoms. The molecular formula is C56H95N11O12. The molecule has 10 N–H and O–H groups in total. The fourth-order valence-corrected chi connectivity index (χ4v) is 8.73. The Balaban J connectivity index is 2.20. The van der Waals surface area contributed by atoms with Gasteiger partial charge in [0, 0.05) is 38.7 Å². The number of hydrogen-bond acceptors (Lipinski definition) is 13. The molecule has 1 fully saturated rings. The molecule has 0 bridgehead atoms. The van der Waals surface area contributed by atoms with Crippen LogP contribution in [0, 0.1) is 23.7 Å². The van der Waals surface area contributed by atoms with Gasteiger partial charge in [0.2, 0.25) is 41.4 Å². The van der Waals surface area contributed by atoms with Crippen molar-refractivity contribution in [3.05, 3.63) is 29.8 Å². The third-order valence-electron chi connectivity index (χ3n) is 12.5. The molecule has 0 radical (unpaired) electrons. The first-order valence-electron chi connectivity index (χ1n) is 28.1. The number of amides is 10. The highest BCUT2D eigenvalue weighted by molar-refractivity contribution is 5.99. The topological polar surface area (TPSA) is 318 Å². The number of likely N-dealkylation sites (tertiary alicyclic amines) is 1. The normalized spacial score (nSPS) is 14.8. The first-order chi connectivity index (χ1) is 37.1. The van der Waals surface area contributed by atoms with Crippen LogP contribution in [0.4, 0.5) is 15.3 Å². The number of alkyl carbamates (subject to hydrolysis) is 2. The summed E-state index contributed by atoms with van der Waals surface area (Å²) < 4.78 is 10.7. The number of nitrogens with zero attached hydrogens (tertiary/aromatic N) is 2. The van der Waals surface area contributed by atoms with Gasteiger partial charge in [-0.1, -0.05) is 73.9 Å². The molecule has 0 unspecified atom stereocenters. The second-order valence-corrected chi connectivity index (χ2v) is 23.1. The quantitative estimate of drug-likeness (QED) is 0.0351. The minimum Gasteiger partial charge on any atom is -0.445 e. The molecule has 1 aromatic carbocycles. The molecule has 1 heterocycles. The Kier molecular flexibility index (Phi) is 30.5. The van der Waals surface area contributed by atoms with Gasteiger partial charge in [-0.2, -0.15) is 0 Å². The summed E-state index contributed by atoms with van der Waals surface area (Å²) in [7, 11) is 0. The fraction of sp³-hybridized carbons (Fsp3) is 0.714. The highest BCUT2D eigenvalue weighted by Gasteiger charge is 2.37. The number of hydrogen-bond donors (Lipinski definition) is 9. The van der Waals surface area contributed by atoms with Crippen molar-refractivity contribution in [2.24, 2.45) is 29.4 Å². The molecule has 0 aliphatic carbocycles. The molecule has 10 amide bonds. The van der Waals surface area contributed by atoms with Gasteiger partial charge >= 0.3 is 12.2 Å². The van der Waals surface area contributed by atoms with E-state index in [1.54, 1.807) is 45.0 Å². The van der Waals surface area contributed by atoms with Crippen LogP contribution in [0.25, 0.3) is 0 Å². The minimum absolute atomic E-state index is 0.0222. The Morgan fingerprint density at radius 3 is 1.81 bits per heavy atom. The number of nitrogens with one attached hydrogen (secondary N) is 8. The minimum atomic E-state index is -1.11. The van der Waals surface area contributed by atoms with Crippen LogP contribution in [0.3, 0.4) is 0 Å². The van der Waals surface area contributed by atoms with Crippen LogP contribution in [0.2, 0.25) is 0 Å². The lowest BCUT2D eigenvalue weighted by atomic mass is 10.00. The summed E-state index contributed by atoms with van der Waals surface area (Å²) in [5.74, 6) is -4.11. The number of carbonyl (C=O) groups is 10. The fourth-order valence-electron chi connectivity index (χ4n) is 8.73. The van der Waals surface area contributed by atoms with Gasteiger partial charge in [0.05, 0.1) is 6.54 Å². The average molecular weight is 1110 g/mol. The SMILES string of the molecule is CC(=O)N1CCC[C@H]1C(=O)N[C@@H](CC(C)C)C(=O)N(CCCCNC(=O)OC(C)(C)C)CC(=O)N[C@@H](CC(C)C)C(=O)N[C@@H](CC(C)C)C(=O)Nc1ccc(COC(=O)N[C@H](CC(C)C)C(=O)NNC(=O)CCCCCN)cc1. The molecule has 1 aromatic rings. The first kappa shape index (κ1) is 68.6. The van der Waals surface area contributed by atoms with Gasteiger partial charge in [0.25, 0.3) is 5.91 Å². The standard InChI is InChI=1S/C56H95N11O12/c1-35(2)29-42(60-48(70)33-66(27-17-16-26-58-54(76)79-56(10,11)12)53(75)45(32-38(7)8)62-52(74)46-19-18-28-67(46)39(9)68)50(72)61-43(30-36(3)4)49(71)59-41-23-21-40(22-24-41)34-78-55(77)63-44(31-37(5)6)51(73)65-64-47(69)20-14-13-15-25-57/h21-24,35-38,42-46H,13-20,25-34,57H2,1-12H3,(H,58,76)(H,59,71)(H,60,70)(H,61,72)(H,62,74)(H,63,77)(H,64,69)(H,65,73)/t42-,43-,44+,45-,46-/m0/s1. The Labute approximate surface area is 468 Å². The highest BCUT2D eigenvalue weighted by atomic mass is 16.6. The largest absolute Gasteiger partial charge is 0.445 e. The van der Waals surface area contributed by atoms with E-state index in [2.05, 4.69) is 42.8 Å². The molecule has 5 atom stereocenters. The van der Waals surface area contributed by atoms with Gasteiger partial charge < -0.3 is 56.9 Å². The maximum Gasteiger partial charge on any atom is 0.408 e. The zero-order valence-corrected chi connectivity index (χ0v) is 49.1. The second kappa shape index (κ2) is 35.2. The molecule has 1 saturated heterocycles. The van der Waals surface area contributed by atoms with Crippen LogP contribution >= 0.6 is 0 Å². The summed E-state index contributed by atoms with van der Waals surface area (Å²) in [6.45, 7) is 22.4. The lowest BCUT2D eigenvalue weighted by Gasteiger charge is -2.31. The van der Waals surface area contributed by atoms with E-state index in [-0.39, 0.29) is 87.3 Å². The summed E-state index contributed by atoms with van der Waals surface area (Å²) in [4.78, 5) is 136. The number of rotatable bonds is 32. The monoisotopic (exact) mass is 1110 g/mol. The van der Waals surface area contributed by atoms with Crippen molar-refractivity contribution in [1.29, 1.82) is 0 Å². The van der Waals surface area contributed by atoms with Crippen molar-refractivity contribution in [2.45, 2.75) is 203 Å². The molecule has 0 spiro atoms. The number of ether oxygens (including phenoxy) is 2. The molecule has 1 aliphatic rings. The van der Waals surface area contributed by atoms with E-state index in [0.717, 1.165) is 12.8 Å². The first-order valence-corrected chi connectivity index (χ1v) is 28.1. The maximum atomic E-state index is 14.5. The third-order valence-corrected chi connectivity index (χ3v) is 12.5. The summed E-state index contributed by atoms with van der Waals surface area (Å²) >= 11 is 0. The Hall–Kier alpha value is -6.52. The summed E-state index contributed by atoms with van der Waals surface area (Å²) in [5, 5.41) is 16.6. The summed E-state index contributed by atoms with van der Waals surface area (Å²) in [5.41, 5.74) is 10.5. The van der Waals surface area contributed by atoms with E-state index in [4.69, 9.17) is 15.2 Å². The van der Waals surface area contributed by atoms with Crippen LogP contribution in [0.15, 0.2) is 24.3 Å². The van der Waals surface area contributed by atoms with Crippen molar-refractivity contribution in [3.63, 3.8) is 0 Å². The van der Waals surface area contributed by atoms with Crippen LogP contribution in [-0.2, 0) is 54.4 Å². The molecule has 79 heavy (non-hydrogen) atoms. The van der Waals surface area contributed by atoms with E-state index in [1.165, 1.54) is 16.7 Å². The van der Waals surface area contributed by atoms with Crippen LogP contribution in [0.5, 0.6) is 0 Å². The van der Waals surface area contributed by atoms with Crippen molar-refractivity contribution in [3.8, 4) is 0 Å². The number of nitrogens with two attached hydrogens (primary N) is 1. The van der Waals surface area contributed by atoms with Gasteiger partial charge in [0.15, 0.2) is 0 Å². The van der Waals surface area contributed by atoms with E-state index in [9.17, 15) is 47.9 Å². The van der Waals surface area contributed by atoms with Gasteiger partial charge in [-0.15, -0.1) is 0 Å².